The van der Waals surface area contributed by atoms with Gasteiger partial charge in [-0.05, 0) is 31.0 Å². The highest BCUT2D eigenvalue weighted by atomic mass is 16.6. The first-order valence-corrected chi connectivity index (χ1v) is 9.65. The molecule has 8 nitrogen and oxygen atoms in total. The fourth-order valence-electron chi connectivity index (χ4n) is 4.43. The van der Waals surface area contributed by atoms with E-state index >= 15 is 0 Å². The molecule has 3 aliphatic rings. The van der Waals surface area contributed by atoms with Gasteiger partial charge in [-0.3, -0.25) is 14.5 Å². The number of carbonyl (C=O) groups excluding carboxylic acids is 3. The highest BCUT2D eigenvalue weighted by molar-refractivity contribution is 5.94. The summed E-state index contributed by atoms with van der Waals surface area (Å²) < 4.78 is 10.7. The predicted molar refractivity (Wildman–Crippen MR) is 100 cm³/mol. The Hall–Kier alpha value is -2.77. The van der Waals surface area contributed by atoms with Gasteiger partial charge in [0, 0.05) is 38.2 Å². The highest BCUT2D eigenvalue weighted by Crippen LogP contribution is 2.32. The molecule has 0 aromatic heterocycles. The molecule has 1 aromatic rings. The second-order valence-electron chi connectivity index (χ2n) is 7.58. The van der Waals surface area contributed by atoms with Crippen molar-refractivity contribution in [3.8, 4) is 5.75 Å². The average molecular weight is 387 g/mol. The molecule has 0 unspecified atom stereocenters. The SMILES string of the molecule is COc1cccc(C(=O)N2CCC(N3C(=O)O[C@H]4CN(C(C)=O)C[C@H]43)CC2)c1. The summed E-state index contributed by atoms with van der Waals surface area (Å²) >= 11 is 0. The van der Waals surface area contributed by atoms with Crippen molar-refractivity contribution in [1.82, 2.24) is 14.7 Å². The largest absolute Gasteiger partial charge is 0.497 e. The zero-order chi connectivity index (χ0) is 19.8. The third-order valence-electron chi connectivity index (χ3n) is 5.96. The van der Waals surface area contributed by atoms with Gasteiger partial charge in [0.05, 0.1) is 19.7 Å². The molecule has 3 saturated heterocycles. The number of hydrogen-bond acceptors (Lipinski definition) is 5. The first kappa shape index (κ1) is 18.6. The Kier molecular flexibility index (Phi) is 4.87. The van der Waals surface area contributed by atoms with E-state index in [4.69, 9.17) is 9.47 Å². The minimum Gasteiger partial charge on any atom is -0.497 e. The van der Waals surface area contributed by atoms with E-state index in [9.17, 15) is 14.4 Å². The summed E-state index contributed by atoms with van der Waals surface area (Å²) in [6, 6.07) is 7.09. The van der Waals surface area contributed by atoms with E-state index in [1.54, 1.807) is 35.1 Å². The van der Waals surface area contributed by atoms with Gasteiger partial charge in [-0.25, -0.2) is 4.79 Å². The van der Waals surface area contributed by atoms with Gasteiger partial charge >= 0.3 is 6.09 Å². The van der Waals surface area contributed by atoms with Crippen molar-refractivity contribution in [2.45, 2.75) is 38.0 Å². The number of methoxy groups -OCH3 is 1. The third kappa shape index (κ3) is 3.27. The first-order chi connectivity index (χ1) is 13.5. The maximum absolute atomic E-state index is 12.8. The minimum atomic E-state index is -0.296. The van der Waals surface area contributed by atoms with Crippen LogP contribution in [0.25, 0.3) is 0 Å². The Labute approximate surface area is 164 Å². The van der Waals surface area contributed by atoms with Gasteiger partial charge in [0.25, 0.3) is 5.91 Å². The van der Waals surface area contributed by atoms with Gasteiger partial charge in [-0.2, -0.15) is 0 Å². The Morgan fingerprint density at radius 3 is 2.57 bits per heavy atom. The maximum atomic E-state index is 12.8. The smallest absolute Gasteiger partial charge is 0.410 e. The van der Waals surface area contributed by atoms with Crippen molar-refractivity contribution >= 4 is 17.9 Å². The number of piperidine rings is 1. The summed E-state index contributed by atoms with van der Waals surface area (Å²) in [6.07, 6.45) is 0.867. The lowest BCUT2D eigenvalue weighted by Crippen LogP contribution is -2.51. The Bertz CT molecular complexity index is 790. The van der Waals surface area contributed by atoms with Crippen molar-refractivity contribution in [1.29, 1.82) is 0 Å². The fraction of sp³-hybridized carbons (Fsp3) is 0.550. The Morgan fingerprint density at radius 1 is 1.14 bits per heavy atom. The van der Waals surface area contributed by atoms with Gasteiger partial charge in [0.1, 0.15) is 11.9 Å². The molecule has 0 radical (unpaired) electrons. The van der Waals surface area contributed by atoms with Crippen LogP contribution in [0.5, 0.6) is 5.75 Å². The molecule has 0 aliphatic carbocycles. The Balaban J connectivity index is 1.39. The molecule has 8 heteroatoms. The molecule has 1 aromatic carbocycles. The third-order valence-corrected chi connectivity index (χ3v) is 5.96. The van der Waals surface area contributed by atoms with Crippen molar-refractivity contribution in [3.05, 3.63) is 29.8 Å². The summed E-state index contributed by atoms with van der Waals surface area (Å²) in [4.78, 5) is 42.2. The molecular formula is C20H25N3O5. The summed E-state index contributed by atoms with van der Waals surface area (Å²) in [5.41, 5.74) is 0.603. The van der Waals surface area contributed by atoms with E-state index in [-0.39, 0.29) is 36.1 Å². The van der Waals surface area contributed by atoms with Gasteiger partial charge in [0.15, 0.2) is 0 Å². The average Bonchev–Trinajstić information content (AvgIpc) is 3.24. The van der Waals surface area contributed by atoms with Gasteiger partial charge in [0.2, 0.25) is 5.91 Å². The van der Waals surface area contributed by atoms with Crippen LogP contribution >= 0.6 is 0 Å². The summed E-state index contributed by atoms with van der Waals surface area (Å²) in [6.45, 7) is 3.69. The predicted octanol–water partition coefficient (Wildman–Crippen LogP) is 1.35. The Morgan fingerprint density at radius 2 is 1.89 bits per heavy atom. The van der Waals surface area contributed by atoms with Crippen molar-refractivity contribution in [2.24, 2.45) is 0 Å². The lowest BCUT2D eigenvalue weighted by molar-refractivity contribution is -0.128. The van der Waals surface area contributed by atoms with Gasteiger partial charge in [-0.15, -0.1) is 0 Å². The highest BCUT2D eigenvalue weighted by Gasteiger charge is 2.51. The van der Waals surface area contributed by atoms with E-state index in [1.807, 2.05) is 11.0 Å². The number of ether oxygens (including phenoxy) is 2. The normalized spacial score (nSPS) is 24.9. The zero-order valence-electron chi connectivity index (χ0n) is 16.2. The van der Waals surface area contributed by atoms with Crippen molar-refractivity contribution < 1.29 is 23.9 Å². The maximum Gasteiger partial charge on any atom is 0.410 e. The van der Waals surface area contributed by atoms with Gasteiger partial charge < -0.3 is 19.3 Å². The molecular weight excluding hydrogens is 362 g/mol. The molecule has 4 rings (SSSR count). The molecule has 150 valence electrons. The van der Waals surface area contributed by atoms with E-state index in [0.717, 1.165) is 0 Å². The number of amides is 3. The molecule has 0 spiro atoms. The molecule has 3 amide bonds. The summed E-state index contributed by atoms with van der Waals surface area (Å²) in [5, 5.41) is 0. The molecule has 3 fully saturated rings. The standard InChI is InChI=1S/C20H25N3O5/c1-13(24)22-11-17-18(12-22)28-20(26)23(17)15-6-8-21(9-7-15)19(25)14-4-3-5-16(10-14)27-2/h3-5,10,15,17-18H,6-9,11-12H2,1-2H3/t17-,18+/m1/s1. The van der Waals surface area contributed by atoms with E-state index in [0.29, 0.717) is 50.3 Å². The van der Waals surface area contributed by atoms with Gasteiger partial charge in [-0.1, -0.05) is 6.07 Å². The van der Waals surface area contributed by atoms with Crippen molar-refractivity contribution in [2.75, 3.05) is 33.3 Å². The molecule has 3 heterocycles. The zero-order valence-corrected chi connectivity index (χ0v) is 16.2. The quantitative estimate of drug-likeness (QED) is 0.782. The molecule has 3 aliphatic heterocycles. The number of carbonyl (C=O) groups is 3. The first-order valence-electron chi connectivity index (χ1n) is 9.65. The lowest BCUT2D eigenvalue weighted by atomic mass is 10.0. The summed E-state index contributed by atoms with van der Waals surface area (Å²) in [7, 11) is 1.58. The monoisotopic (exact) mass is 387 g/mol. The van der Waals surface area contributed by atoms with Crippen LogP contribution in [0.15, 0.2) is 24.3 Å². The molecule has 0 bridgehead atoms. The molecule has 0 saturated carbocycles. The number of hydrogen-bond donors (Lipinski definition) is 0. The number of rotatable bonds is 3. The lowest BCUT2D eigenvalue weighted by Gasteiger charge is -2.37. The van der Waals surface area contributed by atoms with Crippen molar-refractivity contribution in [3.63, 3.8) is 0 Å². The minimum absolute atomic E-state index is 0.00380. The van der Waals surface area contributed by atoms with Crippen LogP contribution in [0.3, 0.4) is 0 Å². The van der Waals surface area contributed by atoms with Crippen LogP contribution in [-0.4, -0.2) is 84.1 Å². The van der Waals surface area contributed by atoms with E-state index in [2.05, 4.69) is 0 Å². The van der Waals surface area contributed by atoms with Crippen LogP contribution in [-0.2, 0) is 9.53 Å². The van der Waals surface area contributed by atoms with Crippen LogP contribution in [0, 0.1) is 0 Å². The second kappa shape index (κ2) is 7.33. The molecule has 28 heavy (non-hydrogen) atoms. The van der Waals surface area contributed by atoms with Crippen LogP contribution in [0.4, 0.5) is 4.79 Å². The van der Waals surface area contributed by atoms with Crippen LogP contribution in [0.1, 0.15) is 30.1 Å². The van der Waals surface area contributed by atoms with E-state index < -0.39 is 0 Å². The molecule has 0 N–H and O–H groups in total. The fourth-order valence-corrected chi connectivity index (χ4v) is 4.43. The topological polar surface area (TPSA) is 79.4 Å². The number of benzene rings is 1. The number of nitrogens with zero attached hydrogens (tertiary/aromatic N) is 3. The van der Waals surface area contributed by atoms with E-state index in [1.165, 1.54) is 6.92 Å². The van der Waals surface area contributed by atoms with Crippen LogP contribution in [0.2, 0.25) is 0 Å². The molecule has 2 atom stereocenters. The van der Waals surface area contributed by atoms with Crippen LogP contribution < -0.4 is 4.74 Å². The number of fused-ring (bicyclic) bond motifs is 1. The number of likely N-dealkylation sites (tertiary alicyclic amines) is 2. The second-order valence-corrected chi connectivity index (χ2v) is 7.58. The summed E-state index contributed by atoms with van der Waals surface area (Å²) in [5.74, 6) is 0.634.